The van der Waals surface area contributed by atoms with E-state index < -0.39 is 0 Å². The highest BCUT2D eigenvalue weighted by molar-refractivity contribution is 5.81. The van der Waals surface area contributed by atoms with Crippen LogP contribution in [0, 0.1) is 5.92 Å². The smallest absolute Gasteiger partial charge is 0.137 e. The minimum absolute atomic E-state index is 0.345. The molecule has 17 heavy (non-hydrogen) atoms. The number of hydrogen-bond acceptors (Lipinski definition) is 2. The third kappa shape index (κ3) is 3.54. The van der Waals surface area contributed by atoms with E-state index >= 15 is 0 Å². The highest BCUT2D eigenvalue weighted by Crippen LogP contribution is 2.27. The zero-order valence-corrected chi connectivity index (χ0v) is 11.3. The van der Waals surface area contributed by atoms with Crippen LogP contribution >= 0.6 is 0 Å². The maximum Gasteiger partial charge on any atom is 0.137 e. The van der Waals surface area contributed by atoms with Crippen LogP contribution in [0.25, 0.3) is 0 Å². The predicted octanol–water partition coefficient (Wildman–Crippen LogP) is 3.40. The normalized spacial score (nSPS) is 27.6. The van der Waals surface area contributed by atoms with Crippen molar-refractivity contribution in [3.63, 3.8) is 0 Å². The van der Waals surface area contributed by atoms with Crippen LogP contribution in [-0.4, -0.2) is 29.8 Å². The lowest BCUT2D eigenvalue weighted by molar-refractivity contribution is -0.123. The fraction of sp³-hybridized carbons (Fsp3) is 0.933. The van der Waals surface area contributed by atoms with Crippen molar-refractivity contribution in [3.8, 4) is 0 Å². The monoisotopic (exact) mass is 237 g/mol. The number of hydrogen-bond donors (Lipinski definition) is 0. The fourth-order valence-corrected chi connectivity index (χ4v) is 3.51. The van der Waals surface area contributed by atoms with Gasteiger partial charge in [-0.1, -0.05) is 32.6 Å². The summed E-state index contributed by atoms with van der Waals surface area (Å²) in [5, 5.41) is 0. The van der Waals surface area contributed by atoms with Crippen LogP contribution in [0.5, 0.6) is 0 Å². The summed E-state index contributed by atoms with van der Waals surface area (Å²) in [6, 6.07) is 0.774. The first-order valence-electron chi connectivity index (χ1n) is 7.58. The Labute approximate surface area is 106 Å². The van der Waals surface area contributed by atoms with Crippen LogP contribution in [0.3, 0.4) is 0 Å². The lowest BCUT2D eigenvalue weighted by atomic mass is 9.97. The molecular formula is C15H27NO. The first kappa shape index (κ1) is 13.1. The molecule has 0 N–H and O–H groups in total. The number of nitrogens with zero attached hydrogens (tertiary/aromatic N) is 1. The van der Waals surface area contributed by atoms with Gasteiger partial charge in [0.2, 0.25) is 0 Å². The Kier molecular flexibility index (Phi) is 5.02. The van der Waals surface area contributed by atoms with E-state index in [4.69, 9.17) is 0 Å². The predicted molar refractivity (Wildman–Crippen MR) is 71.1 cm³/mol. The second kappa shape index (κ2) is 6.53. The van der Waals surface area contributed by atoms with E-state index in [-0.39, 0.29) is 0 Å². The molecule has 1 unspecified atom stereocenters. The Morgan fingerprint density at radius 1 is 1.06 bits per heavy atom. The lowest BCUT2D eigenvalue weighted by Crippen LogP contribution is -2.39. The summed E-state index contributed by atoms with van der Waals surface area (Å²) in [7, 11) is 0. The van der Waals surface area contributed by atoms with Gasteiger partial charge < -0.3 is 0 Å². The summed E-state index contributed by atoms with van der Waals surface area (Å²) < 4.78 is 0. The van der Waals surface area contributed by atoms with Gasteiger partial charge in [-0.2, -0.15) is 0 Å². The van der Waals surface area contributed by atoms with Gasteiger partial charge in [0.15, 0.2) is 0 Å². The average Bonchev–Trinajstić information content (AvgIpc) is 2.79. The van der Waals surface area contributed by atoms with E-state index in [0.717, 1.165) is 38.4 Å². The minimum atomic E-state index is 0.345. The molecule has 1 atom stereocenters. The Bertz CT molecular complexity index is 245. The lowest BCUT2D eigenvalue weighted by Gasteiger charge is -2.30. The molecule has 2 heteroatoms. The van der Waals surface area contributed by atoms with E-state index in [1.165, 1.54) is 38.5 Å². The van der Waals surface area contributed by atoms with Crippen molar-refractivity contribution in [2.45, 2.75) is 70.8 Å². The number of rotatable bonds is 4. The van der Waals surface area contributed by atoms with Crippen molar-refractivity contribution in [3.05, 3.63) is 0 Å². The van der Waals surface area contributed by atoms with Crippen LogP contribution < -0.4 is 0 Å². The summed E-state index contributed by atoms with van der Waals surface area (Å²) >= 11 is 0. The summed E-state index contributed by atoms with van der Waals surface area (Å²) in [6.45, 7) is 4.41. The number of Topliss-reactive ketones (excluding diaryl/α,β-unsaturated/α-hetero) is 1. The molecule has 0 amide bonds. The molecule has 0 aliphatic heterocycles. The van der Waals surface area contributed by atoms with Gasteiger partial charge in [-0.3, -0.25) is 9.69 Å². The third-order valence-electron chi connectivity index (χ3n) is 4.63. The molecule has 2 rings (SSSR count). The third-order valence-corrected chi connectivity index (χ3v) is 4.63. The first-order valence-corrected chi connectivity index (χ1v) is 7.58. The van der Waals surface area contributed by atoms with Crippen molar-refractivity contribution in [2.75, 3.05) is 13.1 Å². The molecule has 0 heterocycles. The molecule has 2 fully saturated rings. The second-order valence-corrected chi connectivity index (χ2v) is 5.79. The van der Waals surface area contributed by atoms with Crippen LogP contribution in [0.15, 0.2) is 0 Å². The Morgan fingerprint density at radius 3 is 2.47 bits per heavy atom. The van der Waals surface area contributed by atoms with E-state index in [2.05, 4.69) is 11.8 Å². The van der Waals surface area contributed by atoms with Gasteiger partial charge in [0.25, 0.3) is 0 Å². The van der Waals surface area contributed by atoms with E-state index in [1.807, 2.05) is 0 Å². The first-order chi connectivity index (χ1) is 8.31. The molecule has 0 saturated heterocycles. The summed E-state index contributed by atoms with van der Waals surface area (Å²) in [4.78, 5) is 14.6. The van der Waals surface area contributed by atoms with Crippen LogP contribution in [0.1, 0.15) is 64.7 Å². The van der Waals surface area contributed by atoms with E-state index in [9.17, 15) is 4.79 Å². The molecule has 0 aromatic carbocycles. The topological polar surface area (TPSA) is 20.3 Å². The number of carbonyl (C=O) groups excluding carboxylic acids is 1. The highest BCUT2D eigenvalue weighted by Gasteiger charge is 2.27. The second-order valence-electron chi connectivity index (χ2n) is 5.79. The van der Waals surface area contributed by atoms with E-state index in [1.54, 1.807) is 0 Å². The maximum atomic E-state index is 12.1. The largest absolute Gasteiger partial charge is 0.300 e. The average molecular weight is 237 g/mol. The highest BCUT2D eigenvalue weighted by atomic mass is 16.1. The molecule has 2 aliphatic carbocycles. The van der Waals surface area contributed by atoms with Gasteiger partial charge in [-0.15, -0.1) is 0 Å². The number of ketones is 1. The van der Waals surface area contributed by atoms with Crippen molar-refractivity contribution >= 4 is 5.78 Å². The standard InChI is InChI=1S/C15H27NO/c1-2-16(14-9-6-7-10-14)12-13-8-4-3-5-11-15(13)17/h13-14H,2-12H2,1H3. The maximum absolute atomic E-state index is 12.1. The SMILES string of the molecule is CCN(CC1CCCCCC1=O)C1CCCC1. The minimum Gasteiger partial charge on any atom is -0.300 e. The van der Waals surface area contributed by atoms with Gasteiger partial charge in [0.05, 0.1) is 0 Å². The summed E-state index contributed by atoms with van der Waals surface area (Å²) in [5.74, 6) is 0.886. The van der Waals surface area contributed by atoms with Gasteiger partial charge >= 0.3 is 0 Å². The molecule has 0 bridgehead atoms. The zero-order valence-electron chi connectivity index (χ0n) is 11.3. The van der Waals surface area contributed by atoms with Crippen LogP contribution in [-0.2, 0) is 4.79 Å². The van der Waals surface area contributed by atoms with Crippen molar-refractivity contribution in [1.82, 2.24) is 4.90 Å². The van der Waals surface area contributed by atoms with Crippen LogP contribution in [0.4, 0.5) is 0 Å². The van der Waals surface area contributed by atoms with Crippen molar-refractivity contribution in [2.24, 2.45) is 5.92 Å². The molecule has 0 aromatic rings. The molecule has 2 nitrogen and oxygen atoms in total. The van der Waals surface area contributed by atoms with Gasteiger partial charge in [0, 0.05) is 24.9 Å². The van der Waals surface area contributed by atoms with Gasteiger partial charge in [0.1, 0.15) is 5.78 Å². The molecule has 0 spiro atoms. The molecule has 0 aromatic heterocycles. The zero-order chi connectivity index (χ0) is 12.1. The molecule has 2 aliphatic rings. The molecular weight excluding hydrogens is 210 g/mol. The Hall–Kier alpha value is -0.370. The van der Waals surface area contributed by atoms with E-state index in [0.29, 0.717) is 11.7 Å². The molecule has 2 saturated carbocycles. The quantitative estimate of drug-likeness (QED) is 0.698. The molecule has 98 valence electrons. The molecule has 0 radical (unpaired) electrons. The van der Waals surface area contributed by atoms with Gasteiger partial charge in [-0.25, -0.2) is 0 Å². The fourth-order valence-electron chi connectivity index (χ4n) is 3.51. The number of carbonyl (C=O) groups is 1. The Morgan fingerprint density at radius 2 is 1.76 bits per heavy atom. The van der Waals surface area contributed by atoms with Crippen LogP contribution in [0.2, 0.25) is 0 Å². The van der Waals surface area contributed by atoms with Crippen molar-refractivity contribution in [1.29, 1.82) is 0 Å². The van der Waals surface area contributed by atoms with Crippen molar-refractivity contribution < 1.29 is 4.79 Å². The Balaban J connectivity index is 1.89. The van der Waals surface area contributed by atoms with Gasteiger partial charge in [-0.05, 0) is 32.2 Å². The summed E-state index contributed by atoms with van der Waals surface area (Å²) in [5.41, 5.74) is 0. The summed E-state index contributed by atoms with van der Waals surface area (Å²) in [6.07, 6.45) is 11.1.